The van der Waals surface area contributed by atoms with Crippen LogP contribution < -0.4 is 14.8 Å². The summed E-state index contributed by atoms with van der Waals surface area (Å²) in [7, 11) is 0. The van der Waals surface area contributed by atoms with Crippen LogP contribution in [0.3, 0.4) is 0 Å². The van der Waals surface area contributed by atoms with Crippen LogP contribution in [0.2, 0.25) is 5.02 Å². The van der Waals surface area contributed by atoms with Crippen molar-refractivity contribution in [1.29, 1.82) is 0 Å². The van der Waals surface area contributed by atoms with Crippen LogP contribution in [0.15, 0.2) is 48.5 Å². The zero-order valence-electron chi connectivity index (χ0n) is 13.2. The Hall–Kier alpha value is -2.20. The lowest BCUT2D eigenvalue weighted by Gasteiger charge is -2.16. The van der Waals surface area contributed by atoms with Crippen molar-refractivity contribution in [1.82, 2.24) is 5.32 Å². The van der Waals surface area contributed by atoms with Crippen molar-refractivity contribution in [2.24, 2.45) is 0 Å². The maximum Gasteiger partial charge on any atom is 0.260 e. The third-order valence-electron chi connectivity index (χ3n) is 3.26. The Morgan fingerprint density at radius 2 is 1.78 bits per heavy atom. The topological polar surface area (TPSA) is 47.6 Å². The highest BCUT2D eigenvalue weighted by Crippen LogP contribution is 2.22. The van der Waals surface area contributed by atoms with Crippen molar-refractivity contribution in [2.75, 3.05) is 13.2 Å². The summed E-state index contributed by atoms with van der Waals surface area (Å²) >= 11 is 5.99. The molecule has 0 saturated carbocycles. The molecule has 0 aromatic heterocycles. The van der Waals surface area contributed by atoms with E-state index in [-0.39, 0.29) is 5.91 Å². The third-order valence-corrected chi connectivity index (χ3v) is 3.57. The van der Waals surface area contributed by atoms with Crippen molar-refractivity contribution >= 4 is 17.5 Å². The lowest BCUT2D eigenvalue weighted by molar-refractivity contribution is -0.127. The van der Waals surface area contributed by atoms with E-state index in [1.54, 1.807) is 19.1 Å². The van der Waals surface area contributed by atoms with Crippen LogP contribution in [0, 0.1) is 6.92 Å². The van der Waals surface area contributed by atoms with Gasteiger partial charge in [-0.05, 0) is 37.6 Å². The molecule has 1 N–H and O–H groups in total. The van der Waals surface area contributed by atoms with Crippen LogP contribution in [-0.2, 0) is 4.79 Å². The minimum absolute atomic E-state index is 0.184. The molecule has 4 nitrogen and oxygen atoms in total. The van der Waals surface area contributed by atoms with Gasteiger partial charge < -0.3 is 14.8 Å². The summed E-state index contributed by atoms with van der Waals surface area (Å²) in [5, 5.41) is 3.33. The van der Waals surface area contributed by atoms with Crippen LogP contribution in [0.25, 0.3) is 0 Å². The molecule has 2 aromatic rings. The van der Waals surface area contributed by atoms with Crippen LogP contribution in [0.1, 0.15) is 12.5 Å². The molecule has 0 aliphatic carbocycles. The molecule has 0 spiro atoms. The molecule has 2 rings (SSSR count). The lowest BCUT2D eigenvalue weighted by atomic mass is 10.2. The van der Waals surface area contributed by atoms with Gasteiger partial charge in [0.05, 0.1) is 11.6 Å². The van der Waals surface area contributed by atoms with E-state index in [0.717, 1.165) is 5.56 Å². The van der Waals surface area contributed by atoms with E-state index in [2.05, 4.69) is 5.32 Å². The molecule has 0 heterocycles. The van der Waals surface area contributed by atoms with Gasteiger partial charge in [0.25, 0.3) is 5.91 Å². The highest BCUT2D eigenvalue weighted by Gasteiger charge is 2.14. The Morgan fingerprint density at radius 1 is 1.13 bits per heavy atom. The molecule has 0 fully saturated rings. The number of ether oxygens (including phenoxy) is 2. The predicted octanol–water partition coefficient (Wildman–Crippen LogP) is 3.61. The smallest absolute Gasteiger partial charge is 0.260 e. The lowest BCUT2D eigenvalue weighted by Crippen LogP contribution is -2.38. The average Bonchev–Trinajstić information content (AvgIpc) is 2.55. The fourth-order valence-corrected chi connectivity index (χ4v) is 2.16. The molecule has 0 radical (unpaired) electrons. The Bertz CT molecular complexity index is 660. The molecular formula is C18H20ClNO3. The molecular weight excluding hydrogens is 314 g/mol. The molecule has 0 bridgehead atoms. The first kappa shape index (κ1) is 17.2. The second-order valence-electron chi connectivity index (χ2n) is 5.10. The standard InChI is InChI=1S/C18H20ClNO3/c1-13-7-3-5-9-16(13)23-14(2)18(21)20-11-12-22-17-10-6-4-8-15(17)19/h3-10,14H,11-12H2,1-2H3,(H,20,21). The van der Waals surface area contributed by atoms with Gasteiger partial charge in [-0.15, -0.1) is 0 Å². The van der Waals surface area contributed by atoms with Gasteiger partial charge in [0.2, 0.25) is 0 Å². The van der Waals surface area contributed by atoms with E-state index in [4.69, 9.17) is 21.1 Å². The summed E-state index contributed by atoms with van der Waals surface area (Å²) in [6.07, 6.45) is -0.573. The number of aryl methyl sites for hydroxylation is 1. The van der Waals surface area contributed by atoms with E-state index < -0.39 is 6.10 Å². The summed E-state index contributed by atoms with van der Waals surface area (Å²) < 4.78 is 11.2. The fourth-order valence-electron chi connectivity index (χ4n) is 1.97. The molecule has 23 heavy (non-hydrogen) atoms. The van der Waals surface area contributed by atoms with Crippen molar-refractivity contribution < 1.29 is 14.3 Å². The van der Waals surface area contributed by atoms with Gasteiger partial charge in [0, 0.05) is 0 Å². The molecule has 5 heteroatoms. The van der Waals surface area contributed by atoms with Crippen LogP contribution >= 0.6 is 11.6 Å². The second-order valence-corrected chi connectivity index (χ2v) is 5.50. The zero-order valence-corrected chi connectivity index (χ0v) is 14.0. The number of amides is 1. The molecule has 0 aliphatic heterocycles. The highest BCUT2D eigenvalue weighted by molar-refractivity contribution is 6.32. The SMILES string of the molecule is Cc1ccccc1OC(C)C(=O)NCCOc1ccccc1Cl. The summed E-state index contributed by atoms with van der Waals surface area (Å²) in [6.45, 7) is 4.38. The van der Waals surface area contributed by atoms with E-state index in [1.807, 2.05) is 43.3 Å². The van der Waals surface area contributed by atoms with Crippen molar-refractivity contribution in [3.05, 3.63) is 59.1 Å². The van der Waals surface area contributed by atoms with Crippen LogP contribution in [-0.4, -0.2) is 25.2 Å². The predicted molar refractivity (Wildman–Crippen MR) is 91.2 cm³/mol. The largest absolute Gasteiger partial charge is 0.490 e. The molecule has 1 unspecified atom stereocenters. The summed E-state index contributed by atoms with van der Waals surface area (Å²) in [5.41, 5.74) is 0.995. The number of hydrogen-bond acceptors (Lipinski definition) is 3. The normalized spacial score (nSPS) is 11.6. The van der Waals surface area contributed by atoms with Crippen molar-refractivity contribution in [3.63, 3.8) is 0 Å². The molecule has 1 atom stereocenters. The number of benzene rings is 2. The number of carbonyl (C=O) groups is 1. The quantitative estimate of drug-likeness (QED) is 0.787. The minimum Gasteiger partial charge on any atom is -0.490 e. The molecule has 1 amide bonds. The summed E-state index contributed by atoms with van der Waals surface area (Å²) in [4.78, 5) is 12.0. The minimum atomic E-state index is -0.573. The third kappa shape index (κ3) is 5.18. The Morgan fingerprint density at radius 3 is 2.48 bits per heavy atom. The maximum absolute atomic E-state index is 12.0. The van der Waals surface area contributed by atoms with Gasteiger partial charge in [0.15, 0.2) is 6.10 Å². The van der Waals surface area contributed by atoms with Gasteiger partial charge in [0.1, 0.15) is 18.1 Å². The second kappa shape index (κ2) is 8.44. The first-order valence-electron chi connectivity index (χ1n) is 7.45. The van der Waals surface area contributed by atoms with Gasteiger partial charge in [-0.1, -0.05) is 41.9 Å². The number of nitrogens with one attached hydrogen (secondary N) is 1. The Balaban J connectivity index is 1.74. The fraction of sp³-hybridized carbons (Fsp3) is 0.278. The monoisotopic (exact) mass is 333 g/mol. The number of para-hydroxylation sites is 2. The first-order chi connectivity index (χ1) is 11.1. The van der Waals surface area contributed by atoms with Gasteiger partial charge in [-0.2, -0.15) is 0 Å². The van der Waals surface area contributed by atoms with Gasteiger partial charge in [-0.25, -0.2) is 0 Å². The number of carbonyl (C=O) groups excluding carboxylic acids is 1. The van der Waals surface area contributed by atoms with E-state index in [0.29, 0.717) is 29.7 Å². The Labute approximate surface area is 141 Å². The maximum atomic E-state index is 12.0. The zero-order chi connectivity index (χ0) is 16.7. The van der Waals surface area contributed by atoms with E-state index >= 15 is 0 Å². The first-order valence-corrected chi connectivity index (χ1v) is 7.83. The van der Waals surface area contributed by atoms with Gasteiger partial charge in [-0.3, -0.25) is 4.79 Å². The van der Waals surface area contributed by atoms with Gasteiger partial charge >= 0.3 is 0 Å². The molecule has 2 aromatic carbocycles. The van der Waals surface area contributed by atoms with Crippen molar-refractivity contribution in [2.45, 2.75) is 20.0 Å². The van der Waals surface area contributed by atoms with E-state index in [9.17, 15) is 4.79 Å². The summed E-state index contributed by atoms with van der Waals surface area (Å²) in [6, 6.07) is 14.8. The highest BCUT2D eigenvalue weighted by atomic mass is 35.5. The number of hydrogen-bond donors (Lipinski definition) is 1. The molecule has 122 valence electrons. The van der Waals surface area contributed by atoms with Crippen molar-refractivity contribution in [3.8, 4) is 11.5 Å². The van der Waals surface area contributed by atoms with Crippen LogP contribution in [0.4, 0.5) is 0 Å². The van der Waals surface area contributed by atoms with Crippen LogP contribution in [0.5, 0.6) is 11.5 Å². The molecule has 0 saturated heterocycles. The molecule has 0 aliphatic rings. The van der Waals surface area contributed by atoms with E-state index in [1.165, 1.54) is 0 Å². The summed E-state index contributed by atoms with van der Waals surface area (Å²) in [5.74, 6) is 1.13. The Kier molecular flexibility index (Phi) is 6.29. The average molecular weight is 334 g/mol. The number of halogens is 1. The number of rotatable bonds is 7.